The third-order valence-electron chi connectivity index (χ3n) is 4.07. The molecule has 0 saturated heterocycles. The highest BCUT2D eigenvalue weighted by molar-refractivity contribution is 7.98. The SMILES string of the molecule is Cc1ccc(NS(=O)(=O)c2cccc(C(=O)NCCSCc3cccs3)c2)cc1. The van der Waals surface area contributed by atoms with Gasteiger partial charge < -0.3 is 5.32 Å². The van der Waals surface area contributed by atoms with Crippen LogP contribution in [0.5, 0.6) is 0 Å². The quantitative estimate of drug-likeness (QED) is 0.474. The van der Waals surface area contributed by atoms with Crippen molar-refractivity contribution in [1.29, 1.82) is 0 Å². The summed E-state index contributed by atoms with van der Waals surface area (Å²) in [5.41, 5.74) is 1.84. The molecular formula is C21H22N2O3S3. The van der Waals surface area contributed by atoms with Gasteiger partial charge in [-0.25, -0.2) is 8.42 Å². The van der Waals surface area contributed by atoms with E-state index in [9.17, 15) is 13.2 Å². The molecule has 29 heavy (non-hydrogen) atoms. The lowest BCUT2D eigenvalue weighted by atomic mass is 10.2. The number of carbonyl (C=O) groups excluding carboxylic acids is 1. The van der Waals surface area contributed by atoms with Gasteiger partial charge in [0.2, 0.25) is 0 Å². The van der Waals surface area contributed by atoms with E-state index in [-0.39, 0.29) is 10.8 Å². The number of anilines is 1. The van der Waals surface area contributed by atoms with Crippen molar-refractivity contribution in [2.45, 2.75) is 17.6 Å². The zero-order chi connectivity index (χ0) is 20.7. The summed E-state index contributed by atoms with van der Waals surface area (Å²) in [5.74, 6) is 1.43. The van der Waals surface area contributed by atoms with Crippen LogP contribution in [-0.2, 0) is 15.8 Å². The average Bonchev–Trinajstić information content (AvgIpc) is 3.23. The molecule has 2 aromatic carbocycles. The Bertz CT molecular complexity index is 1050. The van der Waals surface area contributed by atoms with E-state index < -0.39 is 10.0 Å². The maximum absolute atomic E-state index is 12.6. The highest BCUT2D eigenvalue weighted by atomic mass is 32.2. The number of thioether (sulfide) groups is 1. The molecule has 0 bridgehead atoms. The Balaban J connectivity index is 1.56. The van der Waals surface area contributed by atoms with Gasteiger partial charge in [0.25, 0.3) is 15.9 Å². The first-order valence-corrected chi connectivity index (χ1v) is 12.5. The van der Waals surface area contributed by atoms with Crippen LogP contribution in [0.2, 0.25) is 0 Å². The molecule has 0 aliphatic rings. The minimum atomic E-state index is -3.77. The van der Waals surface area contributed by atoms with E-state index in [4.69, 9.17) is 0 Å². The van der Waals surface area contributed by atoms with Gasteiger partial charge in [-0.15, -0.1) is 11.3 Å². The largest absolute Gasteiger partial charge is 0.351 e. The van der Waals surface area contributed by atoms with Gasteiger partial charge in [-0.1, -0.05) is 29.8 Å². The second-order valence-electron chi connectivity index (χ2n) is 6.39. The van der Waals surface area contributed by atoms with Crippen LogP contribution in [0.1, 0.15) is 20.8 Å². The molecule has 5 nitrogen and oxygen atoms in total. The van der Waals surface area contributed by atoms with E-state index in [1.807, 2.05) is 30.5 Å². The van der Waals surface area contributed by atoms with E-state index in [1.54, 1.807) is 47.4 Å². The van der Waals surface area contributed by atoms with E-state index in [0.29, 0.717) is 17.8 Å². The van der Waals surface area contributed by atoms with E-state index >= 15 is 0 Å². The van der Waals surface area contributed by atoms with Gasteiger partial charge in [0, 0.05) is 34.2 Å². The van der Waals surface area contributed by atoms with Gasteiger partial charge in [0.05, 0.1) is 4.90 Å². The Morgan fingerprint density at radius 1 is 1.07 bits per heavy atom. The van der Waals surface area contributed by atoms with E-state index in [0.717, 1.165) is 17.1 Å². The van der Waals surface area contributed by atoms with Crippen LogP contribution in [0.3, 0.4) is 0 Å². The third kappa shape index (κ3) is 6.35. The fourth-order valence-electron chi connectivity index (χ4n) is 2.55. The molecular weight excluding hydrogens is 424 g/mol. The van der Waals surface area contributed by atoms with Crippen molar-refractivity contribution in [2.75, 3.05) is 17.0 Å². The number of hydrogen-bond acceptors (Lipinski definition) is 5. The number of nitrogens with one attached hydrogen (secondary N) is 2. The normalized spacial score (nSPS) is 11.2. The molecule has 3 rings (SSSR count). The second-order valence-corrected chi connectivity index (χ2v) is 10.2. The Hall–Kier alpha value is -2.29. The number of carbonyl (C=O) groups is 1. The molecule has 152 valence electrons. The van der Waals surface area contributed by atoms with Crippen LogP contribution >= 0.6 is 23.1 Å². The summed E-state index contributed by atoms with van der Waals surface area (Å²) in [4.78, 5) is 13.7. The summed E-state index contributed by atoms with van der Waals surface area (Å²) in [5, 5.41) is 4.89. The number of amides is 1. The summed E-state index contributed by atoms with van der Waals surface area (Å²) in [6, 6.07) is 17.2. The molecule has 0 aliphatic heterocycles. The van der Waals surface area contributed by atoms with Gasteiger partial charge in [0.1, 0.15) is 0 Å². The highest BCUT2D eigenvalue weighted by Gasteiger charge is 2.16. The highest BCUT2D eigenvalue weighted by Crippen LogP contribution is 2.18. The topological polar surface area (TPSA) is 75.3 Å². The molecule has 0 radical (unpaired) electrons. The fourth-order valence-corrected chi connectivity index (χ4v) is 5.35. The lowest BCUT2D eigenvalue weighted by Crippen LogP contribution is -2.26. The zero-order valence-corrected chi connectivity index (χ0v) is 18.4. The number of benzene rings is 2. The number of sulfonamides is 1. The van der Waals surface area contributed by atoms with Gasteiger partial charge in [-0.3, -0.25) is 9.52 Å². The first kappa shape index (κ1) is 21.4. The summed E-state index contributed by atoms with van der Waals surface area (Å²) < 4.78 is 27.8. The number of thiophene rings is 1. The van der Waals surface area contributed by atoms with Crippen molar-refractivity contribution >= 4 is 44.7 Å². The Labute approximate surface area is 179 Å². The molecule has 0 unspecified atom stereocenters. The second kappa shape index (κ2) is 9.96. The Kier molecular flexibility index (Phi) is 7.35. The molecule has 0 aliphatic carbocycles. The molecule has 2 N–H and O–H groups in total. The molecule has 0 spiro atoms. The molecule has 0 atom stereocenters. The van der Waals surface area contributed by atoms with Gasteiger partial charge in [-0.2, -0.15) is 11.8 Å². The van der Waals surface area contributed by atoms with Crippen molar-refractivity contribution in [3.63, 3.8) is 0 Å². The van der Waals surface area contributed by atoms with Crippen LogP contribution in [0.25, 0.3) is 0 Å². The summed E-state index contributed by atoms with van der Waals surface area (Å²) >= 11 is 3.47. The molecule has 8 heteroatoms. The van der Waals surface area contributed by atoms with Crippen molar-refractivity contribution in [3.8, 4) is 0 Å². The van der Waals surface area contributed by atoms with E-state index in [2.05, 4.69) is 16.1 Å². The summed E-state index contributed by atoms with van der Waals surface area (Å²) in [6.07, 6.45) is 0. The van der Waals surface area contributed by atoms with Crippen LogP contribution in [0, 0.1) is 6.92 Å². The van der Waals surface area contributed by atoms with Crippen LogP contribution in [-0.4, -0.2) is 26.6 Å². The molecule has 1 amide bonds. The van der Waals surface area contributed by atoms with Crippen LogP contribution in [0.15, 0.2) is 70.9 Å². The summed E-state index contributed by atoms with van der Waals surface area (Å²) in [7, 11) is -3.77. The van der Waals surface area contributed by atoms with Crippen molar-refractivity contribution in [3.05, 3.63) is 82.0 Å². The maximum Gasteiger partial charge on any atom is 0.261 e. The number of aryl methyl sites for hydroxylation is 1. The predicted octanol–water partition coefficient (Wildman–Crippen LogP) is 4.52. The smallest absolute Gasteiger partial charge is 0.261 e. The minimum absolute atomic E-state index is 0.0535. The van der Waals surface area contributed by atoms with E-state index in [1.165, 1.54) is 17.0 Å². The molecule has 1 heterocycles. The fraction of sp³-hybridized carbons (Fsp3) is 0.190. The minimum Gasteiger partial charge on any atom is -0.351 e. The maximum atomic E-state index is 12.6. The van der Waals surface area contributed by atoms with Crippen molar-refractivity contribution in [2.24, 2.45) is 0 Å². The summed E-state index contributed by atoms with van der Waals surface area (Å²) in [6.45, 7) is 2.45. The lowest BCUT2D eigenvalue weighted by molar-refractivity contribution is 0.0956. The van der Waals surface area contributed by atoms with Crippen LogP contribution < -0.4 is 10.0 Å². The van der Waals surface area contributed by atoms with Gasteiger partial charge in [-0.05, 0) is 48.7 Å². The van der Waals surface area contributed by atoms with Crippen molar-refractivity contribution < 1.29 is 13.2 Å². The first-order valence-electron chi connectivity index (χ1n) is 9.02. The third-order valence-corrected chi connectivity index (χ3v) is 7.51. The molecule has 3 aromatic rings. The zero-order valence-electron chi connectivity index (χ0n) is 15.9. The van der Waals surface area contributed by atoms with Crippen molar-refractivity contribution in [1.82, 2.24) is 5.32 Å². The molecule has 0 saturated carbocycles. The first-order chi connectivity index (χ1) is 13.9. The predicted molar refractivity (Wildman–Crippen MR) is 121 cm³/mol. The monoisotopic (exact) mass is 446 g/mol. The Morgan fingerprint density at radius 3 is 2.59 bits per heavy atom. The lowest BCUT2D eigenvalue weighted by Gasteiger charge is -2.10. The number of hydrogen-bond donors (Lipinski definition) is 2. The van der Waals surface area contributed by atoms with Gasteiger partial charge >= 0.3 is 0 Å². The average molecular weight is 447 g/mol. The number of rotatable bonds is 9. The molecule has 1 aromatic heterocycles. The van der Waals surface area contributed by atoms with Crippen LogP contribution in [0.4, 0.5) is 5.69 Å². The standard InChI is InChI=1S/C21H22N2O3S3/c1-16-7-9-18(10-8-16)23-29(25,26)20-6-2-4-17(14-20)21(24)22-11-13-27-15-19-5-3-12-28-19/h2-10,12,14,23H,11,13,15H2,1H3,(H,22,24). The van der Waals surface area contributed by atoms with Gasteiger partial charge in [0.15, 0.2) is 0 Å². The molecule has 0 fully saturated rings. The Morgan fingerprint density at radius 2 is 1.86 bits per heavy atom.